The first-order valence-electron chi connectivity index (χ1n) is 11.3. The molecule has 4 rings (SSSR count). The molecule has 186 valence electrons. The van der Waals surface area contributed by atoms with Crippen molar-refractivity contribution in [2.75, 3.05) is 39.5 Å². The normalized spacial score (nSPS) is 15.5. The second-order valence-electron chi connectivity index (χ2n) is 7.95. The van der Waals surface area contributed by atoms with Crippen molar-refractivity contribution in [2.24, 2.45) is 0 Å². The molecule has 1 fully saturated rings. The van der Waals surface area contributed by atoms with E-state index in [4.69, 9.17) is 25.5 Å². The molecule has 1 unspecified atom stereocenters. The van der Waals surface area contributed by atoms with Crippen molar-refractivity contribution >= 4 is 27.3 Å². The Labute approximate surface area is 209 Å². The topological polar surface area (TPSA) is 98.1 Å². The van der Waals surface area contributed by atoms with Gasteiger partial charge < -0.3 is 19.2 Å². The molecule has 0 radical (unpaired) electrons. The third-order valence-electron chi connectivity index (χ3n) is 5.71. The molecule has 1 saturated heterocycles. The van der Waals surface area contributed by atoms with Gasteiger partial charge in [0.2, 0.25) is 14.9 Å². The number of nitrogens with zero attached hydrogens (tertiary/aromatic N) is 1. The number of hydrogen-bond acceptors (Lipinski definition) is 7. The van der Waals surface area contributed by atoms with Crippen molar-refractivity contribution in [2.45, 2.75) is 23.0 Å². The van der Waals surface area contributed by atoms with E-state index in [0.717, 1.165) is 24.4 Å². The number of sulfone groups is 1. The van der Waals surface area contributed by atoms with Gasteiger partial charge in [0.05, 0.1) is 30.8 Å². The summed E-state index contributed by atoms with van der Waals surface area (Å²) in [6.07, 6.45) is 0. The van der Waals surface area contributed by atoms with E-state index >= 15 is 0 Å². The predicted octanol–water partition coefficient (Wildman–Crippen LogP) is 3.97. The van der Waals surface area contributed by atoms with Crippen molar-refractivity contribution in [3.63, 3.8) is 0 Å². The summed E-state index contributed by atoms with van der Waals surface area (Å²) in [6.45, 7) is 5.53. The van der Waals surface area contributed by atoms with E-state index in [1.54, 1.807) is 0 Å². The van der Waals surface area contributed by atoms with Crippen LogP contribution in [0.3, 0.4) is 0 Å². The van der Waals surface area contributed by atoms with Gasteiger partial charge in [-0.15, -0.1) is 0 Å². The molecule has 1 amide bonds. The molecule has 0 spiro atoms. The Morgan fingerprint density at radius 2 is 1.74 bits per heavy atom. The van der Waals surface area contributed by atoms with Crippen molar-refractivity contribution in [1.29, 1.82) is 0 Å². The van der Waals surface area contributed by atoms with Gasteiger partial charge in [0.15, 0.2) is 5.76 Å². The van der Waals surface area contributed by atoms with Crippen molar-refractivity contribution in [1.82, 2.24) is 10.2 Å². The molecule has 2 heterocycles. The SMILES string of the molecule is CCOc1ccc(C(CNC(=O)c2ccc(S(=O)(=O)c3ccc(Cl)cc3)o2)N2CCOCC2)cc1. The maximum atomic E-state index is 12.8. The van der Waals surface area contributed by atoms with Gasteiger partial charge in [-0.25, -0.2) is 8.42 Å². The highest BCUT2D eigenvalue weighted by atomic mass is 35.5. The van der Waals surface area contributed by atoms with Crippen LogP contribution in [-0.2, 0) is 14.6 Å². The van der Waals surface area contributed by atoms with Crippen LogP contribution in [0.2, 0.25) is 5.02 Å². The fourth-order valence-corrected chi connectivity index (χ4v) is 5.19. The maximum absolute atomic E-state index is 12.8. The van der Waals surface area contributed by atoms with Crippen LogP contribution in [0, 0.1) is 0 Å². The predicted molar refractivity (Wildman–Crippen MR) is 131 cm³/mol. The van der Waals surface area contributed by atoms with Gasteiger partial charge in [-0.2, -0.15) is 0 Å². The summed E-state index contributed by atoms with van der Waals surface area (Å²) in [7, 11) is -3.91. The minimum absolute atomic E-state index is 0.0334. The minimum Gasteiger partial charge on any atom is -0.494 e. The average Bonchev–Trinajstić information content (AvgIpc) is 3.38. The maximum Gasteiger partial charge on any atom is 0.287 e. The van der Waals surface area contributed by atoms with E-state index in [0.29, 0.717) is 31.4 Å². The lowest BCUT2D eigenvalue weighted by atomic mass is 10.0. The summed E-state index contributed by atoms with van der Waals surface area (Å²) in [5.41, 5.74) is 1.03. The number of benzene rings is 2. The molecule has 1 aliphatic rings. The fraction of sp³-hybridized carbons (Fsp3) is 0.320. The highest BCUT2D eigenvalue weighted by Gasteiger charge is 2.26. The Bertz CT molecular complexity index is 1240. The Morgan fingerprint density at radius 1 is 1.06 bits per heavy atom. The Balaban J connectivity index is 1.47. The third kappa shape index (κ3) is 6.05. The molecule has 10 heteroatoms. The van der Waals surface area contributed by atoms with Crippen LogP contribution in [0.5, 0.6) is 5.75 Å². The second kappa shape index (κ2) is 11.3. The number of carbonyl (C=O) groups excluding carboxylic acids is 1. The van der Waals surface area contributed by atoms with Crippen LogP contribution in [0.25, 0.3) is 0 Å². The number of amides is 1. The standard InChI is InChI=1S/C25H27ClN2O6S/c1-2-33-20-7-3-18(4-8-20)22(28-13-15-32-16-14-28)17-27-25(29)23-11-12-24(34-23)35(30,31)21-9-5-19(26)6-10-21/h3-12,22H,2,13-17H2,1H3,(H,27,29). The molecule has 1 aromatic heterocycles. The van der Waals surface area contributed by atoms with Gasteiger partial charge in [-0.3, -0.25) is 9.69 Å². The van der Waals surface area contributed by atoms with E-state index in [1.807, 2.05) is 31.2 Å². The summed E-state index contributed by atoms with van der Waals surface area (Å²) in [4.78, 5) is 15.1. The second-order valence-corrected chi connectivity index (χ2v) is 10.3. The Morgan fingerprint density at radius 3 is 2.40 bits per heavy atom. The largest absolute Gasteiger partial charge is 0.494 e. The molecule has 1 N–H and O–H groups in total. The Kier molecular flexibility index (Phi) is 8.12. The number of halogens is 1. The lowest BCUT2D eigenvalue weighted by molar-refractivity contribution is 0.0161. The molecular formula is C25H27ClN2O6S. The molecule has 35 heavy (non-hydrogen) atoms. The van der Waals surface area contributed by atoms with Gasteiger partial charge in [-0.1, -0.05) is 23.7 Å². The molecule has 0 bridgehead atoms. The monoisotopic (exact) mass is 518 g/mol. The van der Waals surface area contributed by atoms with E-state index in [2.05, 4.69) is 10.2 Å². The van der Waals surface area contributed by atoms with E-state index in [-0.39, 0.29) is 21.8 Å². The number of rotatable bonds is 9. The van der Waals surface area contributed by atoms with Crippen molar-refractivity contribution in [3.05, 3.63) is 77.0 Å². The lowest BCUT2D eigenvalue weighted by Crippen LogP contribution is -2.43. The highest BCUT2D eigenvalue weighted by Crippen LogP contribution is 2.26. The molecule has 3 aromatic rings. The quantitative estimate of drug-likeness (QED) is 0.457. The summed E-state index contributed by atoms with van der Waals surface area (Å²) in [5.74, 6) is 0.211. The number of nitrogens with one attached hydrogen (secondary N) is 1. The van der Waals surface area contributed by atoms with Crippen molar-refractivity contribution < 1.29 is 27.1 Å². The van der Waals surface area contributed by atoms with Crippen LogP contribution in [0.4, 0.5) is 0 Å². The van der Waals surface area contributed by atoms with Gasteiger partial charge >= 0.3 is 0 Å². The number of morpholine rings is 1. The van der Waals surface area contributed by atoms with Crippen LogP contribution in [-0.4, -0.2) is 58.7 Å². The first-order chi connectivity index (χ1) is 16.9. The Hall–Kier alpha value is -2.85. The van der Waals surface area contributed by atoms with Gasteiger partial charge in [-0.05, 0) is 61.0 Å². The smallest absolute Gasteiger partial charge is 0.287 e. The number of carbonyl (C=O) groups is 1. The van der Waals surface area contributed by atoms with Crippen molar-refractivity contribution in [3.8, 4) is 5.75 Å². The average molecular weight is 519 g/mol. The number of ether oxygens (including phenoxy) is 2. The zero-order valence-electron chi connectivity index (χ0n) is 19.3. The number of hydrogen-bond donors (Lipinski definition) is 1. The molecule has 2 aromatic carbocycles. The molecule has 8 nitrogen and oxygen atoms in total. The molecule has 1 atom stereocenters. The van der Waals surface area contributed by atoms with E-state index in [1.165, 1.54) is 36.4 Å². The molecule has 1 aliphatic heterocycles. The highest BCUT2D eigenvalue weighted by molar-refractivity contribution is 7.91. The molecular weight excluding hydrogens is 492 g/mol. The minimum atomic E-state index is -3.91. The van der Waals surface area contributed by atoms with Crippen LogP contribution < -0.4 is 10.1 Å². The summed E-state index contributed by atoms with van der Waals surface area (Å²) in [6, 6.07) is 16.1. The van der Waals surface area contributed by atoms with Gasteiger partial charge in [0, 0.05) is 24.7 Å². The third-order valence-corrected chi connectivity index (χ3v) is 7.61. The summed E-state index contributed by atoms with van der Waals surface area (Å²) < 4.78 is 42.1. The molecule has 0 saturated carbocycles. The first-order valence-corrected chi connectivity index (χ1v) is 13.2. The summed E-state index contributed by atoms with van der Waals surface area (Å²) >= 11 is 5.85. The van der Waals surface area contributed by atoms with Crippen LogP contribution in [0.15, 0.2) is 75.1 Å². The summed E-state index contributed by atoms with van der Waals surface area (Å²) in [5, 5.41) is 3.01. The van der Waals surface area contributed by atoms with Crippen LogP contribution >= 0.6 is 11.6 Å². The molecule has 0 aliphatic carbocycles. The zero-order chi connectivity index (χ0) is 24.8. The van der Waals surface area contributed by atoms with E-state index < -0.39 is 15.7 Å². The van der Waals surface area contributed by atoms with Gasteiger partial charge in [0.1, 0.15) is 5.75 Å². The fourth-order valence-electron chi connectivity index (χ4n) is 3.89. The van der Waals surface area contributed by atoms with Gasteiger partial charge in [0.25, 0.3) is 5.91 Å². The number of furan rings is 1. The van der Waals surface area contributed by atoms with Crippen LogP contribution in [0.1, 0.15) is 29.1 Å². The lowest BCUT2D eigenvalue weighted by Gasteiger charge is -2.35. The zero-order valence-corrected chi connectivity index (χ0v) is 20.8. The first kappa shape index (κ1) is 25.2. The van der Waals surface area contributed by atoms with E-state index in [9.17, 15) is 13.2 Å².